The van der Waals surface area contributed by atoms with Crippen molar-refractivity contribution in [1.82, 2.24) is 0 Å². The third-order valence-corrected chi connectivity index (χ3v) is 16.8. The van der Waals surface area contributed by atoms with Crippen molar-refractivity contribution >= 4 is 11.9 Å². The van der Waals surface area contributed by atoms with Crippen molar-refractivity contribution < 1.29 is 19.1 Å². The van der Waals surface area contributed by atoms with Gasteiger partial charge in [-0.15, -0.1) is 0 Å². The summed E-state index contributed by atoms with van der Waals surface area (Å²) in [5.74, 6) is 0.0440. The van der Waals surface area contributed by atoms with E-state index in [4.69, 9.17) is 9.47 Å². The molecule has 0 atom stereocenters. The van der Waals surface area contributed by atoms with E-state index in [0.29, 0.717) is 26.1 Å². The van der Waals surface area contributed by atoms with Crippen molar-refractivity contribution in [2.24, 2.45) is 0 Å². The van der Waals surface area contributed by atoms with Crippen molar-refractivity contribution in [1.29, 1.82) is 0 Å². The molecule has 4 nitrogen and oxygen atoms in total. The molecule has 0 radical (unpaired) electrons. The molecule has 0 unspecified atom stereocenters. The Hall–Kier alpha value is -1.58. The number of ether oxygens (including phenoxy) is 2. The van der Waals surface area contributed by atoms with Crippen LogP contribution in [0.25, 0.3) is 0 Å². The number of unbranched alkanes of at least 4 members (excludes halogenated alkanes) is 56. The number of allylic oxidation sites excluding steroid dienone is 4. The van der Waals surface area contributed by atoms with Crippen molar-refractivity contribution in [2.45, 2.75) is 439 Å². The minimum atomic E-state index is 0.0174. The van der Waals surface area contributed by atoms with Crippen LogP contribution in [0.1, 0.15) is 439 Å². The van der Waals surface area contributed by atoms with Gasteiger partial charge in [0.2, 0.25) is 0 Å². The van der Waals surface area contributed by atoms with E-state index in [1.54, 1.807) is 0 Å². The topological polar surface area (TPSA) is 52.6 Å². The third kappa shape index (κ3) is 78.5. The molecular weight excluding hydrogens is 977 g/mol. The van der Waals surface area contributed by atoms with E-state index in [1.807, 2.05) is 0 Å². The first-order valence-electron chi connectivity index (χ1n) is 37.2. The molecular formula is C76H148O4. The number of hydrogen-bond donors (Lipinski definition) is 0. The fraction of sp³-hybridized carbons (Fsp3) is 0.921. The van der Waals surface area contributed by atoms with Gasteiger partial charge in [0.05, 0.1) is 13.2 Å². The lowest BCUT2D eigenvalue weighted by molar-refractivity contribution is -0.144. The van der Waals surface area contributed by atoms with Gasteiger partial charge in [0.15, 0.2) is 0 Å². The Bertz CT molecular complexity index is 1180. The summed E-state index contributed by atoms with van der Waals surface area (Å²) in [6.45, 7) is 10.4. The first kappa shape index (κ1) is 80.5. The highest BCUT2D eigenvalue weighted by molar-refractivity contribution is 5.69. The van der Waals surface area contributed by atoms with Crippen LogP contribution in [-0.2, 0) is 19.1 Å². The standard InChI is InChI=1S/C40H76O2.C36H72O2/c1-3-5-7-9-11-13-15-17-19-21-22-23-24-26-28-30-32-34-36-38-40(41)42-39-37-35-33-31-29-27-25-20-18-16-14-12-10-8-6-4-2;1-3-5-7-9-11-13-15-16-17-18-19-20-21-22-23-25-27-29-31-33-35-38-36(37)34-32-30-28-26-24-14-12-10-8-6-4-2/h17-20H,3-16,21-39H2,1-2H3;3-35H2,1-2H3/b19-17-,20-18-;. The van der Waals surface area contributed by atoms with E-state index in [0.717, 1.165) is 25.7 Å². The molecule has 80 heavy (non-hydrogen) atoms. The molecule has 4 heteroatoms. The fourth-order valence-corrected chi connectivity index (χ4v) is 11.2. The smallest absolute Gasteiger partial charge is 0.305 e. The highest BCUT2D eigenvalue weighted by Gasteiger charge is 2.05. The summed E-state index contributed by atoms with van der Waals surface area (Å²) >= 11 is 0. The first-order valence-corrected chi connectivity index (χ1v) is 37.2. The molecule has 0 amide bonds. The lowest BCUT2D eigenvalue weighted by Crippen LogP contribution is -2.05. The van der Waals surface area contributed by atoms with Crippen molar-refractivity contribution in [3.05, 3.63) is 24.3 Å². The predicted octanol–water partition coefficient (Wildman–Crippen LogP) is 27.2. The van der Waals surface area contributed by atoms with Gasteiger partial charge in [0, 0.05) is 12.8 Å². The average molecular weight is 1130 g/mol. The van der Waals surface area contributed by atoms with Gasteiger partial charge >= 0.3 is 11.9 Å². The Morgan fingerprint density at radius 2 is 0.350 bits per heavy atom. The van der Waals surface area contributed by atoms with Crippen molar-refractivity contribution in [2.75, 3.05) is 13.2 Å². The Balaban J connectivity index is 0. The van der Waals surface area contributed by atoms with Gasteiger partial charge in [0.1, 0.15) is 0 Å². The molecule has 0 aliphatic carbocycles. The van der Waals surface area contributed by atoms with E-state index >= 15 is 0 Å². The highest BCUT2D eigenvalue weighted by Crippen LogP contribution is 2.18. The zero-order chi connectivity index (χ0) is 58.1. The molecule has 0 fully saturated rings. The van der Waals surface area contributed by atoms with Gasteiger partial charge in [-0.2, -0.15) is 0 Å². The molecule has 0 bridgehead atoms. The lowest BCUT2D eigenvalue weighted by atomic mass is 10.0. The monoisotopic (exact) mass is 1130 g/mol. The van der Waals surface area contributed by atoms with E-state index in [-0.39, 0.29) is 11.9 Å². The summed E-state index contributed by atoms with van der Waals surface area (Å²) in [6, 6.07) is 0. The SMILES string of the molecule is CCCCCCCC/C=C\CCCCCCCCCCCC(=O)OCCCCCCCC/C=C\CCCCCCCC.CCCCCCCCCCCCCCCCCCCCCCOC(=O)CCCCCCCCCCCCC. The molecule has 0 saturated carbocycles. The maximum absolute atomic E-state index is 12.0. The first-order chi connectivity index (χ1) is 39.6. The van der Waals surface area contributed by atoms with Crippen LogP contribution in [-0.4, -0.2) is 25.2 Å². The molecule has 476 valence electrons. The van der Waals surface area contributed by atoms with Crippen LogP contribution in [0.4, 0.5) is 0 Å². The maximum atomic E-state index is 12.0. The number of hydrogen-bond acceptors (Lipinski definition) is 4. The van der Waals surface area contributed by atoms with Crippen LogP contribution in [0.5, 0.6) is 0 Å². The largest absolute Gasteiger partial charge is 0.466 e. The van der Waals surface area contributed by atoms with Crippen molar-refractivity contribution in [3.8, 4) is 0 Å². The number of carbonyl (C=O) groups excluding carboxylic acids is 2. The average Bonchev–Trinajstić information content (AvgIpc) is 3.46. The zero-order valence-corrected chi connectivity index (χ0v) is 55.6. The van der Waals surface area contributed by atoms with Crippen LogP contribution in [0, 0.1) is 0 Å². The van der Waals surface area contributed by atoms with Gasteiger partial charge in [-0.3, -0.25) is 9.59 Å². The van der Waals surface area contributed by atoms with E-state index in [9.17, 15) is 9.59 Å². The second-order valence-electron chi connectivity index (χ2n) is 25.1. The van der Waals surface area contributed by atoms with Gasteiger partial charge < -0.3 is 9.47 Å². The van der Waals surface area contributed by atoms with E-state index in [2.05, 4.69) is 52.0 Å². The summed E-state index contributed by atoms with van der Waals surface area (Å²) in [6.07, 6.45) is 94.2. The zero-order valence-electron chi connectivity index (χ0n) is 55.6. The van der Waals surface area contributed by atoms with E-state index < -0.39 is 0 Å². The molecule has 0 aliphatic rings. The Morgan fingerprint density at radius 1 is 0.200 bits per heavy atom. The number of esters is 2. The second-order valence-corrected chi connectivity index (χ2v) is 25.1. The Kier molecular flexibility index (Phi) is 77.9. The molecule has 0 aromatic rings. The quantitative estimate of drug-likeness (QED) is 0.0346. The van der Waals surface area contributed by atoms with Gasteiger partial charge in [-0.1, -0.05) is 373 Å². The van der Waals surface area contributed by atoms with Crippen LogP contribution >= 0.6 is 0 Å². The van der Waals surface area contributed by atoms with Crippen LogP contribution < -0.4 is 0 Å². The Labute approximate surface area is 504 Å². The van der Waals surface area contributed by atoms with Crippen LogP contribution in [0.15, 0.2) is 24.3 Å². The predicted molar refractivity (Wildman–Crippen MR) is 358 cm³/mol. The van der Waals surface area contributed by atoms with Gasteiger partial charge in [-0.05, 0) is 77.0 Å². The fourth-order valence-electron chi connectivity index (χ4n) is 11.2. The Morgan fingerprint density at radius 3 is 0.537 bits per heavy atom. The number of rotatable bonds is 68. The number of carbonyl (C=O) groups is 2. The third-order valence-electron chi connectivity index (χ3n) is 16.8. The summed E-state index contributed by atoms with van der Waals surface area (Å²) in [7, 11) is 0. The summed E-state index contributed by atoms with van der Waals surface area (Å²) in [4.78, 5) is 23.8. The van der Waals surface area contributed by atoms with Gasteiger partial charge in [-0.25, -0.2) is 0 Å². The maximum Gasteiger partial charge on any atom is 0.305 e. The molecule has 0 aliphatic heterocycles. The molecule has 0 N–H and O–H groups in total. The summed E-state index contributed by atoms with van der Waals surface area (Å²) in [5, 5.41) is 0. The van der Waals surface area contributed by atoms with Crippen molar-refractivity contribution in [3.63, 3.8) is 0 Å². The molecule has 0 heterocycles. The molecule has 0 rings (SSSR count). The highest BCUT2D eigenvalue weighted by atomic mass is 16.5. The minimum Gasteiger partial charge on any atom is -0.466 e. The van der Waals surface area contributed by atoms with Gasteiger partial charge in [0.25, 0.3) is 0 Å². The molecule has 0 saturated heterocycles. The van der Waals surface area contributed by atoms with Crippen LogP contribution in [0.3, 0.4) is 0 Å². The van der Waals surface area contributed by atoms with Crippen LogP contribution in [0.2, 0.25) is 0 Å². The van der Waals surface area contributed by atoms with E-state index in [1.165, 1.54) is 372 Å². The summed E-state index contributed by atoms with van der Waals surface area (Å²) in [5.41, 5.74) is 0. The summed E-state index contributed by atoms with van der Waals surface area (Å²) < 4.78 is 10.9. The minimum absolute atomic E-state index is 0.0174. The normalized spacial score (nSPS) is 11.6. The second kappa shape index (κ2) is 77.4. The lowest BCUT2D eigenvalue weighted by Gasteiger charge is -2.06. The molecule has 0 aromatic heterocycles. The molecule has 0 aromatic carbocycles. The molecule has 0 spiro atoms.